The van der Waals surface area contributed by atoms with Crippen LogP contribution >= 0.6 is 22.6 Å². The molecule has 0 saturated carbocycles. The van der Waals surface area contributed by atoms with Gasteiger partial charge in [0, 0.05) is 3.57 Å². The molecule has 0 aliphatic heterocycles. The van der Waals surface area contributed by atoms with Crippen LogP contribution in [0.5, 0.6) is 17.2 Å². The number of aliphatic hydroxyl groups is 1. The number of rotatable bonds is 4. The average Bonchev–Trinajstić information content (AvgIpc) is 2.38. The first kappa shape index (κ1) is 14.1. The van der Waals surface area contributed by atoms with Crippen molar-refractivity contribution in [2.75, 3.05) is 7.11 Å². The molecule has 100 valence electrons. The molecule has 0 amide bonds. The smallest absolute Gasteiger partial charge is 0.136 e. The van der Waals surface area contributed by atoms with Crippen LogP contribution in [0.25, 0.3) is 0 Å². The zero-order chi connectivity index (χ0) is 13.8. The molecule has 19 heavy (non-hydrogen) atoms. The molecule has 0 aliphatic carbocycles. The van der Waals surface area contributed by atoms with Crippen LogP contribution < -0.4 is 9.47 Å². The van der Waals surface area contributed by atoms with Gasteiger partial charge in [-0.05, 0) is 59.8 Å². The van der Waals surface area contributed by atoms with Crippen molar-refractivity contribution in [3.8, 4) is 17.2 Å². The van der Waals surface area contributed by atoms with Crippen LogP contribution in [-0.4, -0.2) is 12.2 Å². The number of halogens is 1. The molecule has 2 rings (SSSR count). The van der Waals surface area contributed by atoms with Gasteiger partial charge in [-0.2, -0.15) is 0 Å². The van der Waals surface area contributed by atoms with Crippen molar-refractivity contribution in [1.29, 1.82) is 0 Å². The number of ether oxygens (including phenoxy) is 2. The highest BCUT2D eigenvalue weighted by Crippen LogP contribution is 2.36. The normalized spacial score (nSPS) is 12.0. The second-order valence-corrected chi connectivity index (χ2v) is 5.35. The van der Waals surface area contributed by atoms with Gasteiger partial charge >= 0.3 is 0 Å². The third-order valence-corrected chi connectivity index (χ3v) is 3.36. The standard InChI is InChI=1S/C15H15IO3/c1-10(17)15-13(18-2)7-4-8-14(15)19-12-6-3-5-11(16)9-12/h3-10,17H,1-2H3/t10-/m0/s1. The topological polar surface area (TPSA) is 38.7 Å². The van der Waals surface area contributed by atoms with Gasteiger partial charge < -0.3 is 14.6 Å². The Bertz CT molecular complexity index is 567. The Labute approximate surface area is 126 Å². The van der Waals surface area contributed by atoms with E-state index in [2.05, 4.69) is 22.6 Å². The maximum absolute atomic E-state index is 9.89. The van der Waals surface area contributed by atoms with Gasteiger partial charge in [0.05, 0.1) is 18.8 Å². The number of hydrogen-bond donors (Lipinski definition) is 1. The summed E-state index contributed by atoms with van der Waals surface area (Å²) in [6.45, 7) is 1.69. The van der Waals surface area contributed by atoms with Gasteiger partial charge in [0.25, 0.3) is 0 Å². The Balaban J connectivity index is 2.39. The van der Waals surface area contributed by atoms with Gasteiger partial charge in [-0.25, -0.2) is 0 Å². The monoisotopic (exact) mass is 370 g/mol. The first-order valence-corrected chi connectivity index (χ1v) is 6.98. The van der Waals surface area contributed by atoms with Crippen molar-refractivity contribution in [2.45, 2.75) is 13.0 Å². The molecule has 4 heteroatoms. The van der Waals surface area contributed by atoms with Crippen LogP contribution in [-0.2, 0) is 0 Å². The lowest BCUT2D eigenvalue weighted by Crippen LogP contribution is -2.00. The maximum Gasteiger partial charge on any atom is 0.136 e. The molecule has 0 saturated heterocycles. The third-order valence-electron chi connectivity index (χ3n) is 2.69. The van der Waals surface area contributed by atoms with Crippen LogP contribution in [0.2, 0.25) is 0 Å². The van der Waals surface area contributed by atoms with Crippen LogP contribution in [0.1, 0.15) is 18.6 Å². The Kier molecular flexibility index (Phi) is 4.66. The zero-order valence-electron chi connectivity index (χ0n) is 10.8. The molecule has 0 unspecified atom stereocenters. The minimum Gasteiger partial charge on any atom is -0.496 e. The first-order chi connectivity index (χ1) is 9.11. The minimum absolute atomic E-state index is 0.608. The van der Waals surface area contributed by atoms with E-state index in [1.165, 1.54) is 0 Å². The van der Waals surface area contributed by atoms with Crippen molar-refractivity contribution in [2.24, 2.45) is 0 Å². The molecule has 2 aromatic rings. The predicted octanol–water partition coefficient (Wildman–Crippen LogP) is 4.15. The van der Waals surface area contributed by atoms with E-state index < -0.39 is 6.10 Å². The quantitative estimate of drug-likeness (QED) is 0.822. The summed E-state index contributed by atoms with van der Waals surface area (Å²) in [6, 6.07) is 13.2. The predicted molar refractivity (Wildman–Crippen MR) is 82.9 cm³/mol. The lowest BCUT2D eigenvalue weighted by Gasteiger charge is -2.16. The molecular weight excluding hydrogens is 355 g/mol. The van der Waals surface area contributed by atoms with E-state index in [-0.39, 0.29) is 0 Å². The Hall–Kier alpha value is -1.27. The van der Waals surface area contributed by atoms with Crippen molar-refractivity contribution in [3.63, 3.8) is 0 Å². The second kappa shape index (κ2) is 6.25. The van der Waals surface area contributed by atoms with Gasteiger partial charge in [-0.15, -0.1) is 0 Å². The minimum atomic E-state index is -0.658. The molecule has 0 aromatic heterocycles. The summed E-state index contributed by atoms with van der Waals surface area (Å²) in [5, 5.41) is 9.89. The fourth-order valence-corrected chi connectivity index (χ4v) is 2.37. The molecule has 0 spiro atoms. The number of aliphatic hydroxyl groups excluding tert-OH is 1. The molecule has 0 fully saturated rings. The highest BCUT2D eigenvalue weighted by Gasteiger charge is 2.15. The van der Waals surface area contributed by atoms with Gasteiger partial charge in [0.2, 0.25) is 0 Å². The summed E-state index contributed by atoms with van der Waals surface area (Å²) in [5.74, 6) is 1.97. The zero-order valence-corrected chi connectivity index (χ0v) is 12.9. The molecule has 3 nitrogen and oxygen atoms in total. The molecule has 0 aliphatic rings. The van der Waals surface area contributed by atoms with Crippen LogP contribution in [0, 0.1) is 3.57 Å². The summed E-state index contributed by atoms with van der Waals surface area (Å²) >= 11 is 2.23. The summed E-state index contributed by atoms with van der Waals surface area (Å²) in [4.78, 5) is 0. The Morgan fingerprint density at radius 2 is 1.79 bits per heavy atom. The lowest BCUT2D eigenvalue weighted by atomic mass is 10.1. The molecule has 2 aromatic carbocycles. The van der Waals surface area contributed by atoms with Crippen LogP contribution in [0.15, 0.2) is 42.5 Å². The first-order valence-electron chi connectivity index (χ1n) is 5.90. The molecule has 0 radical (unpaired) electrons. The van der Waals surface area contributed by atoms with E-state index in [1.54, 1.807) is 14.0 Å². The molecule has 0 bridgehead atoms. The van der Waals surface area contributed by atoms with Gasteiger partial charge in [0.15, 0.2) is 0 Å². The fourth-order valence-electron chi connectivity index (χ4n) is 1.86. The fraction of sp³-hybridized carbons (Fsp3) is 0.200. The molecule has 1 N–H and O–H groups in total. The van der Waals surface area contributed by atoms with E-state index in [4.69, 9.17) is 9.47 Å². The van der Waals surface area contributed by atoms with Gasteiger partial charge in [0.1, 0.15) is 17.2 Å². The summed E-state index contributed by atoms with van der Waals surface area (Å²) in [7, 11) is 1.58. The van der Waals surface area contributed by atoms with E-state index in [0.29, 0.717) is 17.1 Å². The van der Waals surface area contributed by atoms with Crippen molar-refractivity contribution in [3.05, 3.63) is 51.6 Å². The van der Waals surface area contributed by atoms with Crippen molar-refractivity contribution in [1.82, 2.24) is 0 Å². The van der Waals surface area contributed by atoms with Crippen LogP contribution in [0.4, 0.5) is 0 Å². The van der Waals surface area contributed by atoms with E-state index in [9.17, 15) is 5.11 Å². The summed E-state index contributed by atoms with van der Waals surface area (Å²) < 4.78 is 12.2. The third kappa shape index (κ3) is 3.39. The molecule has 0 heterocycles. The SMILES string of the molecule is COc1cccc(Oc2cccc(I)c2)c1[C@H](C)O. The number of methoxy groups -OCH3 is 1. The maximum atomic E-state index is 9.89. The van der Waals surface area contributed by atoms with E-state index in [1.807, 2.05) is 42.5 Å². The van der Waals surface area contributed by atoms with Crippen molar-refractivity contribution < 1.29 is 14.6 Å². The number of benzene rings is 2. The largest absolute Gasteiger partial charge is 0.496 e. The molecule has 1 atom stereocenters. The number of hydrogen-bond acceptors (Lipinski definition) is 3. The highest BCUT2D eigenvalue weighted by molar-refractivity contribution is 14.1. The Morgan fingerprint density at radius 1 is 1.11 bits per heavy atom. The average molecular weight is 370 g/mol. The Morgan fingerprint density at radius 3 is 2.42 bits per heavy atom. The van der Waals surface area contributed by atoms with Gasteiger partial charge in [-0.1, -0.05) is 12.1 Å². The lowest BCUT2D eigenvalue weighted by molar-refractivity contribution is 0.190. The van der Waals surface area contributed by atoms with Gasteiger partial charge in [-0.3, -0.25) is 0 Å². The van der Waals surface area contributed by atoms with E-state index in [0.717, 1.165) is 9.32 Å². The van der Waals surface area contributed by atoms with Crippen LogP contribution in [0.3, 0.4) is 0 Å². The summed E-state index contributed by atoms with van der Waals surface area (Å²) in [6.07, 6.45) is -0.658. The van der Waals surface area contributed by atoms with Crippen molar-refractivity contribution >= 4 is 22.6 Å². The highest BCUT2D eigenvalue weighted by atomic mass is 127. The molecular formula is C15H15IO3. The second-order valence-electron chi connectivity index (χ2n) is 4.11. The van der Waals surface area contributed by atoms with E-state index >= 15 is 0 Å². The summed E-state index contributed by atoms with van der Waals surface area (Å²) in [5.41, 5.74) is 0.656.